The summed E-state index contributed by atoms with van der Waals surface area (Å²) in [5, 5.41) is 12.7. The van der Waals surface area contributed by atoms with Crippen LogP contribution in [0.3, 0.4) is 0 Å². The van der Waals surface area contributed by atoms with Gasteiger partial charge in [-0.3, -0.25) is 9.78 Å². The SMILES string of the molecule is C[C@H](Nc1ccc2ncccc2c1)C(=O)O. The summed E-state index contributed by atoms with van der Waals surface area (Å²) in [5.41, 5.74) is 1.69. The number of rotatable bonds is 3. The van der Waals surface area contributed by atoms with Crippen LogP contribution < -0.4 is 5.32 Å². The Morgan fingerprint density at radius 1 is 1.44 bits per heavy atom. The lowest BCUT2D eigenvalue weighted by molar-refractivity contribution is -0.137. The smallest absolute Gasteiger partial charge is 0.325 e. The number of pyridine rings is 1. The Balaban J connectivity index is 2.29. The van der Waals surface area contributed by atoms with E-state index in [9.17, 15) is 4.79 Å². The number of fused-ring (bicyclic) bond motifs is 1. The molecule has 0 fully saturated rings. The number of hydrogen-bond donors (Lipinski definition) is 2. The molecule has 0 unspecified atom stereocenters. The highest BCUT2D eigenvalue weighted by molar-refractivity contribution is 5.83. The van der Waals surface area contributed by atoms with Crippen molar-refractivity contribution in [1.82, 2.24) is 4.98 Å². The van der Waals surface area contributed by atoms with Crippen LogP contribution in [0.2, 0.25) is 0 Å². The number of carboxylic acids is 1. The van der Waals surface area contributed by atoms with E-state index in [1.807, 2.05) is 30.3 Å². The summed E-state index contributed by atoms with van der Waals surface area (Å²) in [7, 11) is 0. The van der Waals surface area contributed by atoms with Crippen LogP contribution in [0.1, 0.15) is 6.92 Å². The van der Waals surface area contributed by atoms with Crippen LogP contribution in [0.15, 0.2) is 36.5 Å². The second-order valence-corrected chi connectivity index (χ2v) is 3.62. The average molecular weight is 216 g/mol. The molecule has 1 heterocycles. The average Bonchev–Trinajstić information content (AvgIpc) is 2.28. The van der Waals surface area contributed by atoms with Crippen molar-refractivity contribution in [3.63, 3.8) is 0 Å². The first-order valence-corrected chi connectivity index (χ1v) is 5.01. The highest BCUT2D eigenvalue weighted by Gasteiger charge is 2.09. The number of anilines is 1. The lowest BCUT2D eigenvalue weighted by Gasteiger charge is -2.10. The van der Waals surface area contributed by atoms with Gasteiger partial charge in [0.05, 0.1) is 5.52 Å². The molecule has 4 nitrogen and oxygen atoms in total. The van der Waals surface area contributed by atoms with Crippen molar-refractivity contribution in [2.45, 2.75) is 13.0 Å². The largest absolute Gasteiger partial charge is 0.480 e. The van der Waals surface area contributed by atoms with Gasteiger partial charge in [-0.25, -0.2) is 0 Å². The topological polar surface area (TPSA) is 62.2 Å². The van der Waals surface area contributed by atoms with Gasteiger partial charge < -0.3 is 10.4 Å². The van der Waals surface area contributed by atoms with Gasteiger partial charge in [-0.2, -0.15) is 0 Å². The molecule has 0 aliphatic rings. The Labute approximate surface area is 92.9 Å². The molecule has 82 valence electrons. The molecular weight excluding hydrogens is 204 g/mol. The van der Waals surface area contributed by atoms with Gasteiger partial charge in [-0.1, -0.05) is 6.07 Å². The molecule has 4 heteroatoms. The van der Waals surface area contributed by atoms with Crippen molar-refractivity contribution >= 4 is 22.6 Å². The Kier molecular flexibility index (Phi) is 2.72. The molecule has 0 saturated heterocycles. The second-order valence-electron chi connectivity index (χ2n) is 3.62. The Bertz CT molecular complexity index is 525. The minimum absolute atomic E-state index is 0.603. The summed E-state index contributed by atoms with van der Waals surface area (Å²) in [5.74, 6) is -0.869. The van der Waals surface area contributed by atoms with Crippen LogP contribution in [-0.4, -0.2) is 22.1 Å². The van der Waals surface area contributed by atoms with Gasteiger partial charge in [0.2, 0.25) is 0 Å². The fourth-order valence-corrected chi connectivity index (χ4v) is 1.48. The van der Waals surface area contributed by atoms with Crippen molar-refractivity contribution in [2.24, 2.45) is 0 Å². The van der Waals surface area contributed by atoms with Crippen LogP contribution >= 0.6 is 0 Å². The normalized spacial score (nSPS) is 12.3. The summed E-state index contributed by atoms with van der Waals surface area (Å²) in [4.78, 5) is 14.9. The van der Waals surface area contributed by atoms with Gasteiger partial charge in [0.15, 0.2) is 0 Å². The molecule has 0 saturated carbocycles. The van der Waals surface area contributed by atoms with E-state index in [-0.39, 0.29) is 0 Å². The minimum atomic E-state index is -0.869. The van der Waals surface area contributed by atoms with Crippen LogP contribution in [0, 0.1) is 0 Å². The Morgan fingerprint density at radius 3 is 3.00 bits per heavy atom. The zero-order chi connectivity index (χ0) is 11.5. The molecule has 1 atom stereocenters. The molecule has 1 aromatic carbocycles. The van der Waals surface area contributed by atoms with Crippen molar-refractivity contribution in [2.75, 3.05) is 5.32 Å². The van der Waals surface area contributed by atoms with E-state index in [2.05, 4.69) is 10.3 Å². The zero-order valence-electron chi connectivity index (χ0n) is 8.84. The van der Waals surface area contributed by atoms with E-state index in [0.29, 0.717) is 0 Å². The molecule has 0 spiro atoms. The van der Waals surface area contributed by atoms with E-state index in [4.69, 9.17) is 5.11 Å². The maximum Gasteiger partial charge on any atom is 0.325 e. The van der Waals surface area contributed by atoms with Crippen molar-refractivity contribution < 1.29 is 9.90 Å². The minimum Gasteiger partial charge on any atom is -0.480 e. The standard InChI is InChI=1S/C12H12N2O2/c1-8(12(15)16)14-10-4-5-11-9(7-10)3-2-6-13-11/h2-8,14H,1H3,(H,15,16)/t8-/m0/s1. The van der Waals surface area contributed by atoms with Gasteiger partial charge in [0.1, 0.15) is 6.04 Å². The molecule has 0 amide bonds. The van der Waals surface area contributed by atoms with Crippen molar-refractivity contribution in [3.05, 3.63) is 36.5 Å². The number of nitrogens with one attached hydrogen (secondary N) is 1. The number of aliphatic carboxylic acids is 1. The van der Waals surface area contributed by atoms with Crippen molar-refractivity contribution in [3.8, 4) is 0 Å². The van der Waals surface area contributed by atoms with Crippen molar-refractivity contribution in [1.29, 1.82) is 0 Å². The first kappa shape index (κ1) is 10.4. The summed E-state index contributed by atoms with van der Waals surface area (Å²) >= 11 is 0. The third-order valence-electron chi connectivity index (χ3n) is 2.36. The van der Waals surface area contributed by atoms with Gasteiger partial charge in [0.25, 0.3) is 0 Å². The first-order valence-electron chi connectivity index (χ1n) is 5.01. The molecule has 0 aliphatic carbocycles. The highest BCUT2D eigenvalue weighted by Crippen LogP contribution is 2.17. The molecule has 2 N–H and O–H groups in total. The van der Waals surface area contributed by atoms with E-state index in [1.165, 1.54) is 0 Å². The fraction of sp³-hybridized carbons (Fsp3) is 0.167. The summed E-state index contributed by atoms with van der Waals surface area (Å²) in [6, 6.07) is 8.78. The monoisotopic (exact) mass is 216 g/mol. The Morgan fingerprint density at radius 2 is 2.25 bits per heavy atom. The van der Waals surface area contributed by atoms with Crippen LogP contribution in [-0.2, 0) is 4.79 Å². The summed E-state index contributed by atoms with van der Waals surface area (Å²) < 4.78 is 0. The molecule has 0 aliphatic heterocycles. The number of benzene rings is 1. The third kappa shape index (κ3) is 2.11. The second kappa shape index (κ2) is 4.18. The maximum absolute atomic E-state index is 10.7. The molecule has 2 rings (SSSR count). The number of nitrogens with zero attached hydrogens (tertiary/aromatic N) is 1. The zero-order valence-corrected chi connectivity index (χ0v) is 8.84. The number of carboxylic acid groups (broad SMARTS) is 1. The molecular formula is C12H12N2O2. The molecule has 1 aromatic heterocycles. The van der Waals surface area contributed by atoms with Gasteiger partial charge in [-0.05, 0) is 31.2 Å². The molecule has 16 heavy (non-hydrogen) atoms. The predicted octanol–water partition coefficient (Wildman–Crippen LogP) is 2.12. The van der Waals surface area contributed by atoms with E-state index >= 15 is 0 Å². The number of aromatic nitrogens is 1. The van der Waals surface area contributed by atoms with Crippen LogP contribution in [0.5, 0.6) is 0 Å². The highest BCUT2D eigenvalue weighted by atomic mass is 16.4. The van der Waals surface area contributed by atoms with Crippen LogP contribution in [0.4, 0.5) is 5.69 Å². The summed E-state index contributed by atoms with van der Waals surface area (Å²) in [6.07, 6.45) is 1.73. The Hall–Kier alpha value is -2.10. The third-order valence-corrected chi connectivity index (χ3v) is 2.36. The molecule has 2 aromatic rings. The van der Waals surface area contributed by atoms with E-state index in [1.54, 1.807) is 13.1 Å². The van der Waals surface area contributed by atoms with Gasteiger partial charge in [-0.15, -0.1) is 0 Å². The lowest BCUT2D eigenvalue weighted by atomic mass is 10.2. The molecule has 0 bridgehead atoms. The van der Waals surface area contributed by atoms with E-state index < -0.39 is 12.0 Å². The van der Waals surface area contributed by atoms with Gasteiger partial charge in [0, 0.05) is 17.3 Å². The lowest BCUT2D eigenvalue weighted by Crippen LogP contribution is -2.25. The quantitative estimate of drug-likeness (QED) is 0.824. The number of carbonyl (C=O) groups is 1. The maximum atomic E-state index is 10.7. The predicted molar refractivity (Wildman–Crippen MR) is 62.5 cm³/mol. The van der Waals surface area contributed by atoms with Crippen LogP contribution in [0.25, 0.3) is 10.9 Å². The first-order chi connectivity index (χ1) is 7.66. The fourth-order valence-electron chi connectivity index (χ4n) is 1.48. The van der Waals surface area contributed by atoms with E-state index in [0.717, 1.165) is 16.6 Å². The molecule has 0 radical (unpaired) electrons. The number of hydrogen-bond acceptors (Lipinski definition) is 3. The van der Waals surface area contributed by atoms with Gasteiger partial charge >= 0.3 is 5.97 Å². The summed E-state index contributed by atoms with van der Waals surface area (Å²) in [6.45, 7) is 1.61.